The number of carbonyl (C=O) groups is 2. The van der Waals surface area contributed by atoms with Crippen molar-refractivity contribution in [3.8, 4) is 23.0 Å². The van der Waals surface area contributed by atoms with Gasteiger partial charge in [-0.1, -0.05) is 72.8 Å². The fourth-order valence-corrected chi connectivity index (χ4v) is 5.30. The summed E-state index contributed by atoms with van der Waals surface area (Å²) in [5.41, 5.74) is 1.41. The van der Waals surface area contributed by atoms with Gasteiger partial charge in [0.2, 0.25) is 5.91 Å². The number of nitrogens with zero attached hydrogens (tertiary/aromatic N) is 1. The summed E-state index contributed by atoms with van der Waals surface area (Å²) >= 11 is 0. The van der Waals surface area contributed by atoms with Crippen LogP contribution < -0.4 is 18.9 Å². The fourth-order valence-electron chi connectivity index (χ4n) is 5.30. The maximum absolute atomic E-state index is 13.2. The Labute approximate surface area is 282 Å². The second-order valence-corrected chi connectivity index (χ2v) is 11.0. The van der Waals surface area contributed by atoms with Gasteiger partial charge < -0.3 is 38.1 Å². The van der Waals surface area contributed by atoms with Crippen LogP contribution in [0.5, 0.6) is 23.0 Å². The van der Waals surface area contributed by atoms with E-state index in [-0.39, 0.29) is 32.2 Å². The molecule has 0 unspecified atom stereocenters. The number of rotatable bonds is 17. The molecule has 0 saturated heterocycles. The highest BCUT2D eigenvalue weighted by atomic mass is 16.7. The highest BCUT2D eigenvalue weighted by Crippen LogP contribution is 2.43. The summed E-state index contributed by atoms with van der Waals surface area (Å²) in [5.74, 6) is 0.953. The molecule has 0 atom stereocenters. The molecule has 10 heteroatoms. The molecule has 0 aliphatic rings. The molecule has 4 rings (SSSR count). The van der Waals surface area contributed by atoms with Crippen LogP contribution in [0.15, 0.2) is 97.1 Å². The number of hydrogen-bond acceptors (Lipinski definition) is 9. The highest BCUT2D eigenvalue weighted by molar-refractivity contribution is 5.74. The Bertz CT molecular complexity index is 1530. The van der Waals surface area contributed by atoms with Crippen molar-refractivity contribution < 1.29 is 42.7 Å². The predicted octanol–water partition coefficient (Wildman–Crippen LogP) is 6.14. The molecular formula is C38H43NO9. The van der Waals surface area contributed by atoms with Crippen LogP contribution in [-0.4, -0.2) is 64.6 Å². The quantitative estimate of drug-likeness (QED) is 0.0980. The van der Waals surface area contributed by atoms with Gasteiger partial charge in [-0.3, -0.25) is 9.59 Å². The van der Waals surface area contributed by atoms with E-state index in [0.717, 1.165) is 11.1 Å². The molecule has 0 bridgehead atoms. The van der Waals surface area contributed by atoms with Crippen LogP contribution in [0.25, 0.3) is 0 Å². The first-order chi connectivity index (χ1) is 23.2. The van der Waals surface area contributed by atoms with Gasteiger partial charge in [0.15, 0.2) is 34.9 Å². The average Bonchev–Trinajstić information content (AvgIpc) is 3.11. The third kappa shape index (κ3) is 9.05. The first kappa shape index (κ1) is 35.8. The minimum atomic E-state index is -1.56. The van der Waals surface area contributed by atoms with E-state index in [2.05, 4.69) is 0 Å². The number of methoxy groups -OCH3 is 4. The summed E-state index contributed by atoms with van der Waals surface area (Å²) in [5, 5.41) is 0. The van der Waals surface area contributed by atoms with E-state index < -0.39 is 17.9 Å². The van der Waals surface area contributed by atoms with E-state index in [1.54, 1.807) is 50.6 Å². The first-order valence-electron chi connectivity index (χ1n) is 15.4. The Morgan fingerprint density at radius 2 is 1.10 bits per heavy atom. The van der Waals surface area contributed by atoms with E-state index in [4.69, 9.17) is 33.2 Å². The van der Waals surface area contributed by atoms with E-state index in [1.807, 2.05) is 60.7 Å². The third-order valence-electron chi connectivity index (χ3n) is 7.81. The van der Waals surface area contributed by atoms with E-state index in [0.29, 0.717) is 34.1 Å². The molecule has 0 radical (unpaired) electrons. The molecule has 10 nitrogen and oxygen atoms in total. The smallest absolute Gasteiger partial charge is 0.303 e. The Morgan fingerprint density at radius 1 is 0.646 bits per heavy atom. The van der Waals surface area contributed by atoms with Gasteiger partial charge in [-0.15, -0.1) is 0 Å². The van der Waals surface area contributed by atoms with Crippen LogP contribution in [0.2, 0.25) is 0 Å². The lowest BCUT2D eigenvalue weighted by Crippen LogP contribution is -2.49. The van der Waals surface area contributed by atoms with Crippen LogP contribution >= 0.6 is 0 Å². The number of carbonyl (C=O) groups excluding carboxylic acids is 2. The summed E-state index contributed by atoms with van der Waals surface area (Å²) in [7, 11) is 6.09. The molecule has 48 heavy (non-hydrogen) atoms. The summed E-state index contributed by atoms with van der Waals surface area (Å²) < 4.78 is 41.0. The Balaban J connectivity index is 1.89. The van der Waals surface area contributed by atoms with Crippen molar-refractivity contribution in [2.24, 2.45) is 0 Å². The van der Waals surface area contributed by atoms with Crippen LogP contribution in [0.4, 0.5) is 0 Å². The van der Waals surface area contributed by atoms with Crippen molar-refractivity contribution in [2.75, 3.05) is 41.5 Å². The first-order valence-corrected chi connectivity index (χ1v) is 15.4. The summed E-state index contributed by atoms with van der Waals surface area (Å²) in [6.45, 7) is 3.26. The van der Waals surface area contributed by atoms with E-state index in [1.165, 1.54) is 33.0 Å². The maximum Gasteiger partial charge on any atom is 0.303 e. The molecule has 0 N–H and O–H groups in total. The van der Waals surface area contributed by atoms with E-state index >= 15 is 0 Å². The SMILES string of the molecule is COc1ccc(C(CN(CC(OC)OC)C(C)=O)(OC(C)=O)c2ccc(OC)c(OCc3ccccc3)c2)cc1OCc1ccccc1. The normalized spacial score (nSPS) is 11.1. The van der Waals surface area contributed by atoms with Crippen LogP contribution in [0.1, 0.15) is 36.1 Å². The minimum Gasteiger partial charge on any atom is -0.493 e. The number of benzene rings is 4. The van der Waals surface area contributed by atoms with Gasteiger partial charge in [-0.25, -0.2) is 0 Å². The zero-order chi connectivity index (χ0) is 34.5. The van der Waals surface area contributed by atoms with Crippen LogP contribution in [0, 0.1) is 0 Å². The molecule has 1 amide bonds. The van der Waals surface area contributed by atoms with Crippen molar-refractivity contribution >= 4 is 11.9 Å². The summed E-state index contributed by atoms with van der Waals surface area (Å²) in [4.78, 5) is 27.7. The second kappa shape index (κ2) is 17.2. The lowest BCUT2D eigenvalue weighted by atomic mass is 9.84. The molecule has 0 saturated carbocycles. The topological polar surface area (TPSA) is 102 Å². The minimum absolute atomic E-state index is 0.0619. The van der Waals surface area contributed by atoms with Gasteiger partial charge in [-0.05, 0) is 35.4 Å². The summed E-state index contributed by atoms with van der Waals surface area (Å²) in [6.07, 6.45) is -0.731. The molecule has 0 spiro atoms. The van der Waals surface area contributed by atoms with Gasteiger partial charge in [-0.2, -0.15) is 0 Å². The number of amides is 1. The fraction of sp³-hybridized carbons (Fsp3) is 0.316. The van der Waals surface area contributed by atoms with Crippen LogP contribution in [0.3, 0.4) is 0 Å². The zero-order valence-electron chi connectivity index (χ0n) is 28.3. The largest absolute Gasteiger partial charge is 0.493 e. The molecule has 0 aliphatic heterocycles. The Morgan fingerprint density at radius 3 is 1.48 bits per heavy atom. The molecule has 0 heterocycles. The van der Waals surface area contributed by atoms with Gasteiger partial charge in [0.25, 0.3) is 0 Å². The standard InChI is InChI=1S/C38H43NO9/c1-27(40)39(23-37(44-5)45-6)26-38(48-28(2)41,31-17-19-33(42-3)35(21-31)46-24-29-13-9-7-10-14-29)32-18-20-34(43-4)36(22-32)47-25-30-15-11-8-12-16-30/h7-22,37H,23-26H2,1-6H3. The van der Waals surface area contributed by atoms with Crippen molar-refractivity contribution in [3.63, 3.8) is 0 Å². The van der Waals surface area contributed by atoms with Gasteiger partial charge in [0.1, 0.15) is 13.2 Å². The lowest BCUT2D eigenvalue weighted by molar-refractivity contribution is -0.163. The third-order valence-corrected chi connectivity index (χ3v) is 7.81. The predicted molar refractivity (Wildman–Crippen MR) is 180 cm³/mol. The molecule has 4 aromatic rings. The number of ether oxygens (including phenoxy) is 7. The molecule has 4 aromatic carbocycles. The van der Waals surface area contributed by atoms with Gasteiger partial charge in [0.05, 0.1) is 27.3 Å². The van der Waals surface area contributed by atoms with Crippen molar-refractivity contribution in [1.82, 2.24) is 4.90 Å². The van der Waals surface area contributed by atoms with Crippen molar-refractivity contribution in [3.05, 3.63) is 119 Å². The molecular weight excluding hydrogens is 614 g/mol. The van der Waals surface area contributed by atoms with Gasteiger partial charge >= 0.3 is 5.97 Å². The molecule has 0 fully saturated rings. The Kier molecular flexibility index (Phi) is 12.8. The van der Waals surface area contributed by atoms with Gasteiger partial charge in [0, 0.05) is 39.2 Å². The van der Waals surface area contributed by atoms with Crippen molar-refractivity contribution in [1.29, 1.82) is 0 Å². The lowest BCUT2D eigenvalue weighted by Gasteiger charge is -2.39. The van der Waals surface area contributed by atoms with Crippen LogP contribution in [-0.2, 0) is 42.6 Å². The Hall–Kier alpha value is -5.06. The number of esters is 1. The molecule has 254 valence electrons. The summed E-state index contributed by atoms with van der Waals surface area (Å²) in [6, 6.07) is 30.0. The molecule has 0 aromatic heterocycles. The zero-order valence-corrected chi connectivity index (χ0v) is 28.3. The van der Waals surface area contributed by atoms with E-state index in [9.17, 15) is 9.59 Å². The highest BCUT2D eigenvalue weighted by Gasteiger charge is 2.42. The van der Waals surface area contributed by atoms with Crippen molar-refractivity contribution in [2.45, 2.75) is 39.0 Å². The number of hydrogen-bond donors (Lipinski definition) is 0. The molecule has 0 aliphatic carbocycles. The maximum atomic E-state index is 13.2. The second-order valence-electron chi connectivity index (χ2n) is 11.0. The average molecular weight is 658 g/mol. The monoisotopic (exact) mass is 657 g/mol.